The second kappa shape index (κ2) is 11.4. The van der Waals surface area contributed by atoms with Crippen LogP contribution in [0.4, 0.5) is 5.69 Å². The van der Waals surface area contributed by atoms with Crippen LogP contribution in [0.25, 0.3) is 10.9 Å². The highest BCUT2D eigenvalue weighted by Gasteiger charge is 2.18. The Morgan fingerprint density at radius 2 is 1.83 bits per heavy atom. The topological polar surface area (TPSA) is 96.1 Å². The Morgan fingerprint density at radius 3 is 2.56 bits per heavy atom. The fourth-order valence-electron chi connectivity index (χ4n) is 4.02. The van der Waals surface area contributed by atoms with Crippen LogP contribution in [-0.2, 0) is 11.3 Å². The summed E-state index contributed by atoms with van der Waals surface area (Å²) in [5.74, 6) is 0.823. The number of hydrogen-bond donors (Lipinski definition) is 2. The lowest BCUT2D eigenvalue weighted by Gasteiger charge is -2.27. The number of para-hydroxylation sites is 1. The van der Waals surface area contributed by atoms with Gasteiger partial charge in [-0.05, 0) is 63.5 Å². The molecule has 3 aromatic rings. The number of hydrogen-bond acceptors (Lipinski definition) is 7. The predicted molar refractivity (Wildman–Crippen MR) is 143 cm³/mol. The first-order valence-corrected chi connectivity index (χ1v) is 12.1. The van der Waals surface area contributed by atoms with Crippen molar-refractivity contribution >= 4 is 39.9 Å². The summed E-state index contributed by atoms with van der Waals surface area (Å²) in [5.41, 5.74) is 1.97. The minimum atomic E-state index is -0.458. The van der Waals surface area contributed by atoms with Gasteiger partial charge in [-0.15, -0.1) is 0 Å². The van der Waals surface area contributed by atoms with E-state index in [0.29, 0.717) is 65.2 Å². The molecule has 9 nitrogen and oxygen atoms in total. The smallest absolute Gasteiger partial charge is 0.339 e. The van der Waals surface area contributed by atoms with Crippen LogP contribution < -0.4 is 20.3 Å². The van der Waals surface area contributed by atoms with Crippen LogP contribution in [0, 0.1) is 0 Å². The van der Waals surface area contributed by atoms with Gasteiger partial charge in [0.2, 0.25) is 0 Å². The number of H-pyrrole nitrogens is 1. The number of thiocarbonyl (C=S) groups is 1. The molecule has 0 radical (unpaired) electrons. The predicted octanol–water partition coefficient (Wildman–Crippen LogP) is 3.24. The molecule has 0 bridgehead atoms. The molecule has 1 aliphatic heterocycles. The molecule has 190 valence electrons. The number of anilines is 1. The van der Waals surface area contributed by atoms with E-state index in [2.05, 4.69) is 15.2 Å². The fourth-order valence-corrected chi connectivity index (χ4v) is 4.28. The zero-order valence-corrected chi connectivity index (χ0v) is 21.4. The molecule has 0 fully saturated rings. The van der Waals surface area contributed by atoms with E-state index >= 15 is 0 Å². The van der Waals surface area contributed by atoms with Crippen LogP contribution in [0.1, 0.15) is 22.3 Å². The summed E-state index contributed by atoms with van der Waals surface area (Å²) in [5, 5.41) is 4.43. The SMILES string of the molecule is COC(=O)c1ccccc1NC(=S)N(CCCN(C)C)Cc1cc2cc3c(cc2[nH]c1=O)OCCO3. The molecule has 2 aromatic carbocycles. The highest BCUT2D eigenvalue weighted by atomic mass is 32.1. The van der Waals surface area contributed by atoms with Crippen LogP contribution in [0.3, 0.4) is 0 Å². The van der Waals surface area contributed by atoms with Gasteiger partial charge in [0, 0.05) is 23.6 Å². The number of ether oxygens (including phenoxy) is 3. The lowest BCUT2D eigenvalue weighted by Crippen LogP contribution is -2.38. The molecule has 0 unspecified atom stereocenters. The van der Waals surface area contributed by atoms with Gasteiger partial charge in [-0.25, -0.2) is 4.79 Å². The van der Waals surface area contributed by atoms with Crippen molar-refractivity contribution in [3.63, 3.8) is 0 Å². The number of rotatable bonds is 8. The third-order valence-electron chi connectivity index (χ3n) is 5.84. The van der Waals surface area contributed by atoms with Gasteiger partial charge in [0.05, 0.1) is 30.4 Å². The lowest BCUT2D eigenvalue weighted by molar-refractivity contribution is 0.0602. The number of esters is 1. The molecule has 10 heteroatoms. The van der Waals surface area contributed by atoms with Gasteiger partial charge >= 0.3 is 5.97 Å². The zero-order valence-electron chi connectivity index (χ0n) is 20.6. The number of nitrogens with zero attached hydrogens (tertiary/aromatic N) is 2. The molecule has 0 saturated carbocycles. The van der Waals surface area contributed by atoms with Crippen molar-refractivity contribution in [2.24, 2.45) is 0 Å². The van der Waals surface area contributed by atoms with Gasteiger partial charge in [-0.2, -0.15) is 0 Å². The molecule has 2 heterocycles. The van der Waals surface area contributed by atoms with E-state index in [-0.39, 0.29) is 5.56 Å². The second-order valence-electron chi connectivity index (χ2n) is 8.75. The van der Waals surface area contributed by atoms with E-state index in [0.717, 1.165) is 18.4 Å². The molecular formula is C26H30N4O5S. The molecule has 0 saturated heterocycles. The maximum Gasteiger partial charge on any atom is 0.339 e. The molecule has 1 aliphatic rings. The molecule has 4 rings (SSSR count). The van der Waals surface area contributed by atoms with Gasteiger partial charge in [0.15, 0.2) is 16.6 Å². The Hall–Kier alpha value is -3.63. The van der Waals surface area contributed by atoms with E-state index in [1.54, 1.807) is 24.3 Å². The molecule has 0 spiro atoms. The monoisotopic (exact) mass is 510 g/mol. The standard InChI is InChI=1S/C26H30N4O5S/c1-29(2)9-6-10-30(26(36)28-20-8-5-4-7-19(20)25(32)33-3)16-18-13-17-14-22-23(35-12-11-34-22)15-21(17)27-24(18)31/h4-5,7-8,13-15H,6,9-12,16H2,1-3H3,(H,27,31)(H,28,36). The van der Waals surface area contributed by atoms with Crippen LogP contribution in [0.5, 0.6) is 11.5 Å². The zero-order chi connectivity index (χ0) is 25.7. The minimum Gasteiger partial charge on any atom is -0.486 e. The van der Waals surface area contributed by atoms with E-state index in [9.17, 15) is 9.59 Å². The van der Waals surface area contributed by atoms with Crippen molar-refractivity contribution in [1.29, 1.82) is 0 Å². The Morgan fingerprint density at radius 1 is 1.11 bits per heavy atom. The van der Waals surface area contributed by atoms with Gasteiger partial charge in [-0.3, -0.25) is 4.79 Å². The summed E-state index contributed by atoms with van der Waals surface area (Å²) >= 11 is 5.74. The molecule has 36 heavy (non-hydrogen) atoms. The van der Waals surface area contributed by atoms with Gasteiger partial charge in [0.1, 0.15) is 13.2 Å². The summed E-state index contributed by atoms with van der Waals surface area (Å²) in [7, 11) is 5.35. The number of carbonyl (C=O) groups excluding carboxylic acids is 1. The molecule has 0 aliphatic carbocycles. The first-order chi connectivity index (χ1) is 17.4. The van der Waals surface area contributed by atoms with Crippen molar-refractivity contribution < 1.29 is 19.0 Å². The number of benzene rings is 2. The summed E-state index contributed by atoms with van der Waals surface area (Å²) < 4.78 is 16.2. The maximum absolute atomic E-state index is 13.0. The van der Waals surface area contributed by atoms with Gasteiger partial charge in [0.25, 0.3) is 5.56 Å². The van der Waals surface area contributed by atoms with Crippen molar-refractivity contribution in [3.05, 3.63) is 63.9 Å². The second-order valence-corrected chi connectivity index (χ2v) is 9.14. The lowest BCUT2D eigenvalue weighted by atomic mass is 10.1. The summed E-state index contributed by atoms with van der Waals surface area (Å²) in [6.07, 6.45) is 0.831. The van der Waals surface area contributed by atoms with Crippen molar-refractivity contribution in [3.8, 4) is 11.5 Å². The van der Waals surface area contributed by atoms with E-state index < -0.39 is 5.97 Å². The average molecular weight is 511 g/mol. The summed E-state index contributed by atoms with van der Waals surface area (Å²) in [4.78, 5) is 32.2. The number of carbonyl (C=O) groups is 1. The maximum atomic E-state index is 13.0. The van der Waals surface area contributed by atoms with Crippen molar-refractivity contribution in [1.82, 2.24) is 14.8 Å². The first-order valence-electron chi connectivity index (χ1n) is 11.7. The Bertz CT molecular complexity index is 1320. The van der Waals surface area contributed by atoms with Gasteiger partial charge < -0.3 is 34.3 Å². The van der Waals surface area contributed by atoms with Crippen LogP contribution >= 0.6 is 12.2 Å². The van der Waals surface area contributed by atoms with Crippen molar-refractivity contribution in [2.45, 2.75) is 13.0 Å². The minimum absolute atomic E-state index is 0.199. The third kappa shape index (κ3) is 5.95. The van der Waals surface area contributed by atoms with E-state index in [1.165, 1.54) is 7.11 Å². The number of pyridine rings is 1. The number of aromatic nitrogens is 1. The number of nitrogens with one attached hydrogen (secondary N) is 2. The number of methoxy groups -OCH3 is 1. The van der Waals surface area contributed by atoms with Crippen LogP contribution in [0.15, 0.2) is 47.3 Å². The molecule has 2 N–H and O–H groups in total. The Balaban J connectivity index is 1.61. The van der Waals surface area contributed by atoms with Gasteiger partial charge in [-0.1, -0.05) is 12.1 Å². The molecule has 0 amide bonds. The average Bonchev–Trinajstić information content (AvgIpc) is 2.87. The Labute approximate surface area is 214 Å². The van der Waals surface area contributed by atoms with E-state index in [4.69, 9.17) is 26.4 Å². The van der Waals surface area contributed by atoms with Crippen LogP contribution in [0.2, 0.25) is 0 Å². The fraction of sp³-hybridized carbons (Fsp3) is 0.346. The number of fused-ring (bicyclic) bond motifs is 2. The largest absolute Gasteiger partial charge is 0.486 e. The first kappa shape index (κ1) is 25.5. The summed E-state index contributed by atoms with van der Waals surface area (Å²) in [6.45, 7) is 2.73. The van der Waals surface area contributed by atoms with Crippen molar-refractivity contribution in [2.75, 3.05) is 52.8 Å². The number of aromatic amines is 1. The van der Waals surface area contributed by atoms with Crippen LogP contribution in [-0.4, -0.2) is 73.4 Å². The molecular weight excluding hydrogens is 480 g/mol. The summed E-state index contributed by atoms with van der Waals surface area (Å²) in [6, 6.07) is 12.5. The van der Waals surface area contributed by atoms with E-state index in [1.807, 2.05) is 37.2 Å². The quantitative estimate of drug-likeness (QED) is 0.350. The normalized spacial score (nSPS) is 12.4. The molecule has 1 aromatic heterocycles. The highest BCUT2D eigenvalue weighted by molar-refractivity contribution is 7.80. The molecule has 0 atom stereocenters. The Kier molecular flexibility index (Phi) is 8.07. The third-order valence-corrected chi connectivity index (χ3v) is 6.20. The highest BCUT2D eigenvalue weighted by Crippen LogP contribution is 2.33.